The first kappa shape index (κ1) is 27.3. The summed E-state index contributed by atoms with van der Waals surface area (Å²) in [5.74, 6) is 1.56. The van der Waals surface area contributed by atoms with Crippen LogP contribution in [0.2, 0.25) is 0 Å². The van der Waals surface area contributed by atoms with Gasteiger partial charge in [-0.25, -0.2) is 4.79 Å². The maximum absolute atomic E-state index is 13.2. The van der Waals surface area contributed by atoms with Gasteiger partial charge in [0.1, 0.15) is 19.0 Å². The van der Waals surface area contributed by atoms with Gasteiger partial charge in [-0.15, -0.1) is 0 Å². The van der Waals surface area contributed by atoms with Crippen molar-refractivity contribution in [1.82, 2.24) is 15.5 Å². The molecule has 0 aromatic heterocycles. The number of urea groups is 1. The number of aliphatic hydroxyl groups excluding tert-OH is 1. The molecule has 4 aliphatic rings. The Morgan fingerprint density at radius 1 is 1.08 bits per heavy atom. The third-order valence-corrected chi connectivity index (χ3v) is 9.28. The second-order valence-electron chi connectivity index (χ2n) is 12.0. The van der Waals surface area contributed by atoms with Crippen molar-refractivity contribution >= 4 is 11.8 Å². The Hall–Kier alpha value is -2.32. The van der Waals surface area contributed by atoms with Crippen LogP contribution in [-0.2, 0) is 4.79 Å². The fraction of sp³-hybridized carbons (Fsp3) is 0.733. The van der Waals surface area contributed by atoms with Gasteiger partial charge in [0.05, 0.1) is 6.10 Å². The summed E-state index contributed by atoms with van der Waals surface area (Å²) in [5.41, 5.74) is 0.587. The van der Waals surface area contributed by atoms with Gasteiger partial charge >= 0.3 is 6.03 Å². The molecule has 210 valence electrons. The van der Waals surface area contributed by atoms with Gasteiger partial charge in [0.25, 0.3) is 0 Å². The molecule has 4 atom stereocenters. The number of nitrogens with one attached hydrogen (secondary N) is 2. The zero-order valence-electron chi connectivity index (χ0n) is 22.9. The fourth-order valence-electron chi connectivity index (χ4n) is 6.78. The number of nitrogens with zero attached hydrogens (tertiary/aromatic N) is 1. The predicted octanol–water partition coefficient (Wildman–Crippen LogP) is 4.21. The van der Waals surface area contributed by atoms with E-state index in [1.165, 1.54) is 32.1 Å². The number of fused-ring (bicyclic) bond motifs is 1. The van der Waals surface area contributed by atoms with Crippen LogP contribution in [0, 0.1) is 17.3 Å². The molecule has 2 saturated carbocycles. The molecule has 2 heterocycles. The molecule has 3 fully saturated rings. The van der Waals surface area contributed by atoms with E-state index in [1.807, 2.05) is 18.2 Å². The molecule has 8 nitrogen and oxygen atoms in total. The third-order valence-electron chi connectivity index (χ3n) is 9.28. The summed E-state index contributed by atoms with van der Waals surface area (Å²) >= 11 is 0. The average Bonchev–Trinajstić information content (AvgIpc) is 3.36. The van der Waals surface area contributed by atoms with E-state index in [0.29, 0.717) is 38.3 Å². The largest absolute Gasteiger partial charge is 0.486 e. The van der Waals surface area contributed by atoms with Crippen LogP contribution >= 0.6 is 0 Å². The normalized spacial score (nSPS) is 26.9. The van der Waals surface area contributed by atoms with Gasteiger partial charge in [0, 0.05) is 37.4 Å². The summed E-state index contributed by atoms with van der Waals surface area (Å²) in [5, 5.41) is 17.6. The number of likely N-dealkylation sites (tertiary alicyclic amines) is 1. The molecule has 38 heavy (non-hydrogen) atoms. The van der Waals surface area contributed by atoms with E-state index in [1.54, 1.807) is 0 Å². The number of ketones is 1. The first-order valence-electron chi connectivity index (χ1n) is 14.8. The van der Waals surface area contributed by atoms with E-state index >= 15 is 0 Å². The molecule has 0 radical (unpaired) electrons. The molecular formula is C30H45N3O5. The minimum atomic E-state index is -0.681. The lowest BCUT2D eigenvalue weighted by Gasteiger charge is -2.34. The summed E-state index contributed by atoms with van der Waals surface area (Å²) in [6.07, 6.45) is 9.34. The number of ether oxygens (including phenoxy) is 2. The standard InChI is InChI=1S/C30H45N3O5/c1-30(19-23(30)25(34)10-7-13-31-29(36)32-22-8-3-2-4-9-22)24(20-33-14-5-6-15-33)28(35)21-11-12-26-27(18-21)38-17-16-37-26/h11-12,18,22-24,28,35H,2-10,13-17,19-20H2,1H3,(H2,31,32,36)/t23?,24?,28-,30?/m1/s1. The van der Waals surface area contributed by atoms with Crippen LogP contribution in [0.3, 0.4) is 0 Å². The van der Waals surface area contributed by atoms with E-state index < -0.39 is 6.10 Å². The SMILES string of the molecule is CC1(C(CN2CCCC2)[C@H](O)c2ccc3c(c2)OCCO3)CC1C(=O)CCCNC(=O)NC1CCCCC1. The highest BCUT2D eigenvalue weighted by Crippen LogP contribution is 2.61. The lowest BCUT2D eigenvalue weighted by atomic mass is 9.80. The molecule has 8 heteroatoms. The van der Waals surface area contributed by atoms with Crippen LogP contribution in [0.25, 0.3) is 0 Å². The monoisotopic (exact) mass is 527 g/mol. The number of carbonyl (C=O) groups excluding carboxylic acids is 2. The van der Waals surface area contributed by atoms with Gasteiger partial charge in [0.15, 0.2) is 11.5 Å². The van der Waals surface area contributed by atoms with E-state index in [-0.39, 0.29) is 35.1 Å². The number of benzene rings is 1. The molecule has 1 saturated heterocycles. The van der Waals surface area contributed by atoms with Gasteiger partial charge < -0.3 is 30.1 Å². The fourth-order valence-corrected chi connectivity index (χ4v) is 6.78. The lowest BCUT2D eigenvalue weighted by molar-refractivity contribution is -0.121. The van der Waals surface area contributed by atoms with Gasteiger partial charge in [-0.05, 0) is 74.7 Å². The van der Waals surface area contributed by atoms with Crippen molar-refractivity contribution in [3.63, 3.8) is 0 Å². The summed E-state index contributed by atoms with van der Waals surface area (Å²) < 4.78 is 11.4. The van der Waals surface area contributed by atoms with Crippen LogP contribution in [0.15, 0.2) is 18.2 Å². The Labute approximate surface area is 226 Å². The van der Waals surface area contributed by atoms with Crippen molar-refractivity contribution in [3.8, 4) is 11.5 Å². The summed E-state index contributed by atoms with van der Waals surface area (Å²) in [4.78, 5) is 27.9. The smallest absolute Gasteiger partial charge is 0.315 e. The lowest BCUT2D eigenvalue weighted by Crippen LogP contribution is -2.43. The molecule has 3 N–H and O–H groups in total. The van der Waals surface area contributed by atoms with Crippen LogP contribution in [-0.4, -0.2) is 67.3 Å². The van der Waals surface area contributed by atoms with Crippen LogP contribution in [0.5, 0.6) is 11.5 Å². The summed E-state index contributed by atoms with van der Waals surface area (Å²) in [6, 6.07) is 5.89. The Balaban J connectivity index is 1.16. The Morgan fingerprint density at radius 3 is 2.58 bits per heavy atom. The van der Waals surface area contributed by atoms with E-state index in [4.69, 9.17) is 9.47 Å². The molecule has 5 rings (SSSR count). The second kappa shape index (κ2) is 12.2. The van der Waals surface area contributed by atoms with Crippen molar-refractivity contribution in [1.29, 1.82) is 0 Å². The van der Waals surface area contributed by atoms with Crippen LogP contribution in [0.4, 0.5) is 4.79 Å². The number of amides is 2. The van der Waals surface area contributed by atoms with Crippen molar-refractivity contribution in [2.45, 2.75) is 83.3 Å². The Morgan fingerprint density at radius 2 is 1.82 bits per heavy atom. The van der Waals surface area contributed by atoms with Crippen molar-refractivity contribution in [3.05, 3.63) is 23.8 Å². The van der Waals surface area contributed by atoms with E-state index in [2.05, 4.69) is 22.5 Å². The highest BCUT2D eigenvalue weighted by atomic mass is 16.6. The molecule has 3 unspecified atom stereocenters. The highest BCUT2D eigenvalue weighted by molar-refractivity contribution is 5.84. The van der Waals surface area contributed by atoms with Crippen LogP contribution in [0.1, 0.15) is 82.8 Å². The van der Waals surface area contributed by atoms with Crippen molar-refractivity contribution in [2.24, 2.45) is 17.3 Å². The van der Waals surface area contributed by atoms with Gasteiger partial charge in [-0.2, -0.15) is 0 Å². The quantitative estimate of drug-likeness (QED) is 0.373. The van der Waals surface area contributed by atoms with Gasteiger partial charge in [-0.3, -0.25) is 4.79 Å². The molecule has 2 amide bonds. The molecule has 0 spiro atoms. The van der Waals surface area contributed by atoms with Crippen molar-refractivity contribution < 1.29 is 24.2 Å². The number of hydrogen-bond acceptors (Lipinski definition) is 6. The number of hydrogen-bond donors (Lipinski definition) is 3. The Bertz CT molecular complexity index is 975. The Kier molecular flexibility index (Phi) is 8.78. The number of carbonyl (C=O) groups is 2. The second-order valence-corrected chi connectivity index (χ2v) is 12.0. The molecule has 2 aliphatic heterocycles. The first-order chi connectivity index (χ1) is 18.4. The average molecular weight is 528 g/mol. The van der Waals surface area contributed by atoms with Crippen LogP contribution < -0.4 is 20.1 Å². The van der Waals surface area contributed by atoms with Crippen molar-refractivity contribution in [2.75, 3.05) is 39.4 Å². The van der Waals surface area contributed by atoms with Gasteiger partial charge in [0.2, 0.25) is 0 Å². The molecule has 1 aromatic rings. The number of aliphatic hydroxyl groups is 1. The number of rotatable bonds is 11. The summed E-state index contributed by atoms with van der Waals surface area (Å²) in [7, 11) is 0. The molecular weight excluding hydrogens is 482 g/mol. The first-order valence-corrected chi connectivity index (χ1v) is 14.8. The maximum Gasteiger partial charge on any atom is 0.315 e. The topological polar surface area (TPSA) is 100 Å². The molecule has 1 aromatic carbocycles. The predicted molar refractivity (Wildman–Crippen MR) is 145 cm³/mol. The number of Topliss-reactive ketones (excluding diaryl/α,β-unsaturated/α-hetero) is 1. The molecule has 2 aliphatic carbocycles. The molecule has 0 bridgehead atoms. The van der Waals surface area contributed by atoms with E-state index in [9.17, 15) is 14.7 Å². The minimum Gasteiger partial charge on any atom is -0.486 e. The summed E-state index contributed by atoms with van der Waals surface area (Å²) in [6.45, 7) is 6.61. The zero-order valence-corrected chi connectivity index (χ0v) is 22.9. The van der Waals surface area contributed by atoms with E-state index in [0.717, 1.165) is 50.2 Å². The van der Waals surface area contributed by atoms with Gasteiger partial charge in [-0.1, -0.05) is 32.3 Å². The highest BCUT2D eigenvalue weighted by Gasteiger charge is 2.60. The zero-order chi connectivity index (χ0) is 26.5. The minimum absolute atomic E-state index is 0.0435. The third kappa shape index (κ3) is 6.45. The maximum atomic E-state index is 13.2.